The molecule has 0 aromatic heterocycles. The van der Waals surface area contributed by atoms with Gasteiger partial charge in [-0.25, -0.2) is 4.79 Å². The molecule has 7 heteroatoms. The summed E-state index contributed by atoms with van der Waals surface area (Å²) in [5, 5.41) is 7.75. The second-order valence-corrected chi connectivity index (χ2v) is 6.96. The molecule has 25 heavy (non-hydrogen) atoms. The highest BCUT2D eigenvalue weighted by molar-refractivity contribution is 6.07. The molecule has 3 N–H and O–H groups in total. The van der Waals surface area contributed by atoms with Crippen molar-refractivity contribution in [2.24, 2.45) is 5.92 Å². The number of carbonyl (C=O) groups excluding carboxylic acids is 3. The first-order valence-corrected chi connectivity index (χ1v) is 8.59. The lowest BCUT2D eigenvalue weighted by molar-refractivity contribution is -0.126. The van der Waals surface area contributed by atoms with E-state index in [1.807, 2.05) is 24.3 Å². The van der Waals surface area contributed by atoms with Crippen LogP contribution in [0.15, 0.2) is 24.3 Å². The zero-order chi connectivity index (χ0) is 18.0. The molecule has 2 heterocycles. The molecule has 4 amide bonds. The molecule has 1 aromatic carbocycles. The molecule has 2 aliphatic heterocycles. The zero-order valence-corrected chi connectivity index (χ0v) is 14.6. The monoisotopic (exact) mass is 344 g/mol. The van der Waals surface area contributed by atoms with Gasteiger partial charge in [-0.05, 0) is 44.0 Å². The van der Waals surface area contributed by atoms with Gasteiger partial charge < -0.3 is 10.6 Å². The number of urea groups is 1. The van der Waals surface area contributed by atoms with Gasteiger partial charge in [-0.15, -0.1) is 0 Å². The van der Waals surface area contributed by atoms with E-state index in [-0.39, 0.29) is 17.7 Å². The third kappa shape index (κ3) is 3.51. The maximum absolute atomic E-state index is 12.1. The number of hydrogen-bond donors (Lipinski definition) is 3. The van der Waals surface area contributed by atoms with Gasteiger partial charge in [0.2, 0.25) is 0 Å². The summed E-state index contributed by atoms with van der Waals surface area (Å²) in [5.41, 5.74) is 0.928. The van der Waals surface area contributed by atoms with E-state index >= 15 is 0 Å². The van der Waals surface area contributed by atoms with Crippen molar-refractivity contribution in [2.45, 2.75) is 31.8 Å². The molecule has 7 nitrogen and oxygen atoms in total. The minimum atomic E-state index is -0.834. The molecule has 0 bridgehead atoms. The van der Waals surface area contributed by atoms with Crippen molar-refractivity contribution in [1.82, 2.24) is 20.9 Å². The Kier molecular flexibility index (Phi) is 4.76. The third-order valence-corrected chi connectivity index (χ3v) is 5.24. The van der Waals surface area contributed by atoms with Crippen LogP contribution < -0.4 is 16.0 Å². The smallest absolute Gasteiger partial charge is 0.322 e. The van der Waals surface area contributed by atoms with Gasteiger partial charge in [0.25, 0.3) is 11.8 Å². The van der Waals surface area contributed by atoms with Gasteiger partial charge in [0.1, 0.15) is 5.54 Å². The molecular formula is C18H24N4O3. The lowest BCUT2D eigenvalue weighted by Crippen LogP contribution is -2.55. The summed E-state index contributed by atoms with van der Waals surface area (Å²) in [6.07, 6.45) is 1.90. The Morgan fingerprint density at radius 1 is 1.32 bits per heavy atom. The van der Waals surface area contributed by atoms with E-state index in [2.05, 4.69) is 20.9 Å². The highest BCUT2D eigenvalue weighted by atomic mass is 16.2. The lowest BCUT2D eigenvalue weighted by Gasteiger charge is -2.39. The molecule has 0 saturated carbocycles. The minimum Gasteiger partial charge on any atom is -0.355 e. The first-order chi connectivity index (χ1) is 11.9. The fourth-order valence-electron chi connectivity index (χ4n) is 3.68. The van der Waals surface area contributed by atoms with Crippen LogP contribution in [0.1, 0.15) is 35.7 Å². The van der Waals surface area contributed by atoms with Crippen molar-refractivity contribution in [2.75, 3.05) is 20.1 Å². The first-order valence-electron chi connectivity index (χ1n) is 8.59. The third-order valence-electron chi connectivity index (χ3n) is 5.24. The predicted molar refractivity (Wildman–Crippen MR) is 92.9 cm³/mol. The SMILES string of the molecule is CNC(=O)c1ccc(CN2CCC[C@@H]([C@@]3(C)NC(=O)NC3=O)C2)cc1. The van der Waals surface area contributed by atoms with Gasteiger partial charge in [0.05, 0.1) is 0 Å². The molecular weight excluding hydrogens is 320 g/mol. The van der Waals surface area contributed by atoms with Crippen molar-refractivity contribution in [3.05, 3.63) is 35.4 Å². The van der Waals surface area contributed by atoms with Crippen molar-refractivity contribution in [3.8, 4) is 0 Å². The maximum atomic E-state index is 12.1. The van der Waals surface area contributed by atoms with Crippen LogP contribution >= 0.6 is 0 Å². The van der Waals surface area contributed by atoms with Crippen LogP contribution in [-0.2, 0) is 11.3 Å². The number of piperidine rings is 1. The van der Waals surface area contributed by atoms with Crippen molar-refractivity contribution >= 4 is 17.8 Å². The van der Waals surface area contributed by atoms with E-state index in [0.29, 0.717) is 5.56 Å². The predicted octanol–water partition coefficient (Wildman–Crippen LogP) is 0.856. The fourth-order valence-corrected chi connectivity index (χ4v) is 3.68. The number of nitrogens with one attached hydrogen (secondary N) is 3. The Morgan fingerprint density at radius 2 is 2.04 bits per heavy atom. The number of benzene rings is 1. The van der Waals surface area contributed by atoms with Crippen LogP contribution in [0.2, 0.25) is 0 Å². The van der Waals surface area contributed by atoms with Crippen molar-refractivity contribution in [1.29, 1.82) is 0 Å². The quantitative estimate of drug-likeness (QED) is 0.707. The van der Waals surface area contributed by atoms with Crippen LogP contribution in [0.25, 0.3) is 0 Å². The number of rotatable bonds is 4. The number of likely N-dealkylation sites (tertiary alicyclic amines) is 1. The first kappa shape index (κ1) is 17.4. The molecule has 2 aliphatic rings. The number of imide groups is 1. The molecule has 0 aliphatic carbocycles. The van der Waals surface area contributed by atoms with E-state index in [1.54, 1.807) is 14.0 Å². The average molecular weight is 344 g/mol. The topological polar surface area (TPSA) is 90.5 Å². The maximum Gasteiger partial charge on any atom is 0.322 e. The fraction of sp³-hybridized carbons (Fsp3) is 0.500. The van der Waals surface area contributed by atoms with Gasteiger partial charge in [0.15, 0.2) is 0 Å². The molecule has 3 rings (SSSR count). The summed E-state index contributed by atoms with van der Waals surface area (Å²) in [4.78, 5) is 37.6. The van der Waals surface area contributed by atoms with Gasteiger partial charge in [-0.2, -0.15) is 0 Å². The van der Waals surface area contributed by atoms with Gasteiger partial charge in [0, 0.05) is 31.6 Å². The molecule has 1 aromatic rings. The van der Waals surface area contributed by atoms with Crippen LogP contribution in [0, 0.1) is 5.92 Å². The highest BCUT2D eigenvalue weighted by Gasteiger charge is 2.48. The van der Waals surface area contributed by atoms with Crippen LogP contribution in [0.4, 0.5) is 4.79 Å². The van der Waals surface area contributed by atoms with E-state index in [4.69, 9.17) is 0 Å². The Labute approximate surface area is 147 Å². The molecule has 0 spiro atoms. The minimum absolute atomic E-state index is 0.0813. The Balaban J connectivity index is 1.65. The van der Waals surface area contributed by atoms with Crippen LogP contribution in [-0.4, -0.2) is 48.4 Å². The number of hydrogen-bond acceptors (Lipinski definition) is 4. The number of amides is 4. The summed E-state index contributed by atoms with van der Waals surface area (Å²) in [6.45, 7) is 4.27. The summed E-state index contributed by atoms with van der Waals surface area (Å²) < 4.78 is 0. The molecule has 134 valence electrons. The van der Waals surface area contributed by atoms with E-state index < -0.39 is 11.6 Å². The summed E-state index contributed by atoms with van der Waals surface area (Å²) in [5.74, 6) is -0.252. The molecule has 2 atom stereocenters. The molecule has 2 fully saturated rings. The summed E-state index contributed by atoms with van der Waals surface area (Å²) >= 11 is 0. The Bertz CT molecular complexity index is 688. The normalized spacial score (nSPS) is 26.9. The molecule has 0 radical (unpaired) electrons. The Morgan fingerprint density at radius 3 is 2.64 bits per heavy atom. The largest absolute Gasteiger partial charge is 0.355 e. The second kappa shape index (κ2) is 6.84. The van der Waals surface area contributed by atoms with Crippen LogP contribution in [0.3, 0.4) is 0 Å². The van der Waals surface area contributed by atoms with Crippen LogP contribution in [0.5, 0.6) is 0 Å². The van der Waals surface area contributed by atoms with Gasteiger partial charge in [-0.3, -0.25) is 19.8 Å². The number of carbonyl (C=O) groups is 3. The average Bonchev–Trinajstić information content (AvgIpc) is 2.88. The zero-order valence-electron chi connectivity index (χ0n) is 14.6. The van der Waals surface area contributed by atoms with Gasteiger partial charge in [-0.1, -0.05) is 12.1 Å². The van der Waals surface area contributed by atoms with E-state index in [0.717, 1.165) is 38.0 Å². The van der Waals surface area contributed by atoms with E-state index in [1.165, 1.54) is 0 Å². The summed E-state index contributed by atoms with van der Waals surface area (Å²) in [6, 6.07) is 7.15. The molecule has 2 saturated heterocycles. The van der Waals surface area contributed by atoms with Gasteiger partial charge >= 0.3 is 6.03 Å². The highest BCUT2D eigenvalue weighted by Crippen LogP contribution is 2.30. The lowest BCUT2D eigenvalue weighted by atomic mass is 9.80. The van der Waals surface area contributed by atoms with Crippen molar-refractivity contribution < 1.29 is 14.4 Å². The molecule has 0 unspecified atom stereocenters. The standard InChI is InChI=1S/C18H24N4O3/c1-18(16(24)20-17(25)21-18)14-4-3-9-22(11-14)10-12-5-7-13(8-6-12)15(23)19-2/h5-8,14H,3-4,9-11H2,1-2H3,(H,19,23)(H2,20,21,24,25)/t14-,18-/m1/s1. The van der Waals surface area contributed by atoms with E-state index in [9.17, 15) is 14.4 Å². The van der Waals surface area contributed by atoms with Crippen molar-refractivity contribution in [3.63, 3.8) is 0 Å². The summed E-state index contributed by atoms with van der Waals surface area (Å²) in [7, 11) is 1.61. The Hall–Kier alpha value is -2.41. The number of nitrogens with zero attached hydrogens (tertiary/aromatic N) is 1. The second-order valence-electron chi connectivity index (χ2n) is 6.96.